The van der Waals surface area contributed by atoms with Crippen molar-refractivity contribution in [2.24, 2.45) is 0 Å². The van der Waals surface area contributed by atoms with E-state index in [2.05, 4.69) is 220 Å². The Bertz CT molecular complexity index is 3570. The van der Waals surface area contributed by atoms with E-state index in [1.54, 1.807) is 0 Å². The van der Waals surface area contributed by atoms with Crippen LogP contribution in [0.4, 0.5) is 0 Å². The lowest BCUT2D eigenvalue weighted by Gasteiger charge is -2.24. The summed E-state index contributed by atoms with van der Waals surface area (Å²) in [6.07, 6.45) is 0. The van der Waals surface area contributed by atoms with Gasteiger partial charge in [0.2, 0.25) is 0 Å². The maximum absolute atomic E-state index is 5.25. The van der Waals surface area contributed by atoms with Crippen molar-refractivity contribution in [3.05, 3.63) is 223 Å². The zero-order valence-electron chi connectivity index (χ0n) is 35.0. The molecule has 10 aromatic carbocycles. The maximum Gasteiger partial charge on any atom is 0.164 e. The van der Waals surface area contributed by atoms with Crippen LogP contribution in [0.5, 0.6) is 0 Å². The van der Waals surface area contributed by atoms with E-state index in [4.69, 9.17) is 15.0 Å². The molecule has 63 heavy (non-hydrogen) atoms. The van der Waals surface area contributed by atoms with Crippen molar-refractivity contribution in [1.29, 1.82) is 0 Å². The van der Waals surface area contributed by atoms with E-state index in [-0.39, 0.29) is 5.41 Å². The molecule has 0 amide bonds. The summed E-state index contributed by atoms with van der Waals surface area (Å²) >= 11 is 0. The van der Waals surface area contributed by atoms with Crippen molar-refractivity contribution in [2.75, 3.05) is 0 Å². The van der Waals surface area contributed by atoms with Crippen molar-refractivity contribution in [2.45, 2.75) is 19.3 Å². The van der Waals surface area contributed by atoms with Crippen LogP contribution in [0, 0.1) is 0 Å². The van der Waals surface area contributed by atoms with Crippen LogP contribution in [-0.4, -0.2) is 15.0 Å². The van der Waals surface area contributed by atoms with Crippen LogP contribution in [0.3, 0.4) is 0 Å². The lowest BCUT2D eigenvalue weighted by Crippen LogP contribution is -2.16. The smallest absolute Gasteiger partial charge is 0.164 e. The summed E-state index contributed by atoms with van der Waals surface area (Å²) in [5.74, 6) is 1.90. The van der Waals surface area contributed by atoms with Crippen LogP contribution in [0.25, 0.3) is 111 Å². The third kappa shape index (κ3) is 6.15. The predicted molar refractivity (Wildman–Crippen MR) is 263 cm³/mol. The number of hydrogen-bond donors (Lipinski definition) is 0. The molecular weight excluding hydrogens is 763 g/mol. The Morgan fingerprint density at radius 3 is 1.59 bits per heavy atom. The zero-order chi connectivity index (χ0) is 42.1. The van der Waals surface area contributed by atoms with Crippen LogP contribution in [0.1, 0.15) is 25.0 Å². The summed E-state index contributed by atoms with van der Waals surface area (Å²) in [6.45, 7) is 4.68. The second-order valence-electron chi connectivity index (χ2n) is 17.2. The molecule has 1 aromatic heterocycles. The minimum atomic E-state index is -0.143. The van der Waals surface area contributed by atoms with Crippen molar-refractivity contribution in [3.8, 4) is 78.7 Å². The number of rotatable bonds is 6. The second-order valence-corrected chi connectivity index (χ2v) is 17.2. The lowest BCUT2D eigenvalue weighted by atomic mass is 9.79. The van der Waals surface area contributed by atoms with Crippen LogP contribution in [0.2, 0.25) is 0 Å². The molecular formula is C60H41N3. The summed E-state index contributed by atoms with van der Waals surface area (Å²) in [5.41, 5.74) is 15.0. The molecule has 12 rings (SSSR count). The van der Waals surface area contributed by atoms with E-state index in [0.29, 0.717) is 17.5 Å². The number of aromatic nitrogens is 3. The van der Waals surface area contributed by atoms with Gasteiger partial charge in [-0.05, 0) is 100 Å². The molecule has 0 saturated carbocycles. The highest BCUT2D eigenvalue weighted by molar-refractivity contribution is 6.20. The van der Waals surface area contributed by atoms with Gasteiger partial charge in [-0.1, -0.05) is 214 Å². The van der Waals surface area contributed by atoms with E-state index < -0.39 is 0 Å². The lowest BCUT2D eigenvalue weighted by molar-refractivity contribution is 0.662. The Balaban J connectivity index is 0.991. The third-order valence-electron chi connectivity index (χ3n) is 13.1. The summed E-state index contributed by atoms with van der Waals surface area (Å²) in [6, 6.07) is 76.2. The van der Waals surface area contributed by atoms with Crippen molar-refractivity contribution in [1.82, 2.24) is 15.0 Å². The Labute approximate surface area is 367 Å². The average molecular weight is 804 g/mol. The molecule has 1 aliphatic rings. The molecule has 0 radical (unpaired) electrons. The average Bonchev–Trinajstić information content (AvgIpc) is 3.59. The van der Waals surface area contributed by atoms with Crippen molar-refractivity contribution >= 4 is 32.3 Å². The summed E-state index contributed by atoms with van der Waals surface area (Å²) in [4.78, 5) is 15.6. The molecule has 0 unspecified atom stereocenters. The number of hydrogen-bond acceptors (Lipinski definition) is 3. The molecule has 11 aromatic rings. The van der Waals surface area contributed by atoms with Gasteiger partial charge >= 0.3 is 0 Å². The Morgan fingerprint density at radius 1 is 0.302 bits per heavy atom. The van der Waals surface area contributed by atoms with E-state index in [9.17, 15) is 0 Å². The van der Waals surface area contributed by atoms with Gasteiger partial charge in [0.25, 0.3) is 0 Å². The van der Waals surface area contributed by atoms with Crippen LogP contribution in [0.15, 0.2) is 212 Å². The van der Waals surface area contributed by atoms with Crippen LogP contribution in [-0.2, 0) is 5.41 Å². The molecule has 0 atom stereocenters. The predicted octanol–water partition coefficient (Wildman–Crippen LogP) is 15.6. The van der Waals surface area contributed by atoms with Gasteiger partial charge in [-0.3, -0.25) is 0 Å². The fraction of sp³-hybridized carbons (Fsp3) is 0.0500. The van der Waals surface area contributed by atoms with Crippen molar-refractivity contribution in [3.63, 3.8) is 0 Å². The molecule has 3 nitrogen and oxygen atoms in total. The first-order valence-electron chi connectivity index (χ1n) is 21.7. The van der Waals surface area contributed by atoms with Gasteiger partial charge in [0.15, 0.2) is 17.5 Å². The maximum atomic E-state index is 5.25. The molecule has 0 N–H and O–H groups in total. The Kier molecular flexibility index (Phi) is 8.52. The quantitative estimate of drug-likeness (QED) is 0.124. The van der Waals surface area contributed by atoms with Gasteiger partial charge in [0.1, 0.15) is 0 Å². The SMILES string of the molecule is CC1(C)c2ccccc2-c2cccc(-c3cccc(-c4nc(-c5ccc(-c6ccccc6)cc5)nc(-c5ccc(-c6c7ccccc7cc7c6ccc6ccccc67)cc5)n4)c3)c21. The minimum absolute atomic E-state index is 0.143. The fourth-order valence-electron chi connectivity index (χ4n) is 10.0. The molecule has 296 valence electrons. The van der Waals surface area contributed by atoms with E-state index >= 15 is 0 Å². The minimum Gasteiger partial charge on any atom is -0.208 e. The Hall–Kier alpha value is -8.01. The monoisotopic (exact) mass is 803 g/mol. The topological polar surface area (TPSA) is 38.7 Å². The zero-order valence-corrected chi connectivity index (χ0v) is 35.0. The summed E-state index contributed by atoms with van der Waals surface area (Å²) < 4.78 is 0. The molecule has 3 heteroatoms. The molecule has 0 spiro atoms. The highest BCUT2D eigenvalue weighted by atomic mass is 15.0. The normalized spacial score (nSPS) is 12.7. The first-order valence-corrected chi connectivity index (χ1v) is 21.7. The first kappa shape index (κ1) is 36.8. The summed E-state index contributed by atoms with van der Waals surface area (Å²) in [5, 5.41) is 7.45. The third-order valence-corrected chi connectivity index (χ3v) is 13.1. The van der Waals surface area contributed by atoms with Crippen molar-refractivity contribution < 1.29 is 0 Å². The van der Waals surface area contributed by atoms with Gasteiger partial charge in [-0.15, -0.1) is 0 Å². The summed E-state index contributed by atoms with van der Waals surface area (Å²) in [7, 11) is 0. The Morgan fingerprint density at radius 2 is 0.825 bits per heavy atom. The number of benzene rings is 10. The first-order chi connectivity index (χ1) is 31.0. The second kappa shape index (κ2) is 14.6. The van der Waals surface area contributed by atoms with E-state index in [1.807, 2.05) is 6.07 Å². The van der Waals surface area contributed by atoms with Crippen LogP contribution < -0.4 is 0 Å². The molecule has 0 bridgehead atoms. The molecule has 0 aliphatic heterocycles. The van der Waals surface area contributed by atoms with Crippen LogP contribution >= 0.6 is 0 Å². The molecule has 0 fully saturated rings. The van der Waals surface area contributed by atoms with Gasteiger partial charge in [-0.25, -0.2) is 15.0 Å². The van der Waals surface area contributed by atoms with E-state index in [1.165, 1.54) is 71.3 Å². The highest BCUT2D eigenvalue weighted by Crippen LogP contribution is 2.52. The van der Waals surface area contributed by atoms with E-state index in [0.717, 1.165) is 33.4 Å². The molecule has 1 aliphatic carbocycles. The molecule has 1 heterocycles. The highest BCUT2D eigenvalue weighted by Gasteiger charge is 2.37. The number of nitrogens with zero attached hydrogens (tertiary/aromatic N) is 3. The van der Waals surface area contributed by atoms with Gasteiger partial charge in [0, 0.05) is 22.1 Å². The standard InChI is InChI=1S/C60H41N3/c1-60(2)54-25-11-10-22-50(54)52-24-13-23-49(56(52)60)44-18-12-19-46(36-44)59-62-57(42-30-26-39(27-31-42)38-14-4-3-5-15-38)61-58(63-59)43-32-28-41(29-33-43)55-48-21-9-7-17-45(48)37-53-47-20-8-6-16-40(47)34-35-51(53)55/h3-37H,1-2H3. The number of fused-ring (bicyclic) bond motifs is 7. The largest absolute Gasteiger partial charge is 0.208 e. The van der Waals surface area contributed by atoms with Gasteiger partial charge in [0.05, 0.1) is 0 Å². The van der Waals surface area contributed by atoms with Gasteiger partial charge < -0.3 is 0 Å². The van der Waals surface area contributed by atoms with Gasteiger partial charge in [-0.2, -0.15) is 0 Å². The molecule has 0 saturated heterocycles. The fourth-order valence-corrected chi connectivity index (χ4v) is 10.0.